The first-order valence-corrected chi connectivity index (χ1v) is 8.33. The fraction of sp³-hybridized carbons (Fsp3) is 0.722. The van der Waals surface area contributed by atoms with Crippen molar-refractivity contribution >= 4 is 5.78 Å². The molecule has 4 atom stereocenters. The maximum absolute atomic E-state index is 12.2. The second-order valence-corrected chi connectivity index (χ2v) is 7.27. The Hall–Kier alpha value is -0.890. The van der Waals surface area contributed by atoms with Crippen molar-refractivity contribution < 1.29 is 9.90 Å². The van der Waals surface area contributed by atoms with E-state index in [9.17, 15) is 9.90 Å². The number of carbonyl (C=O) groups excluding carboxylic acids is 1. The number of fused-ring (bicyclic) bond motifs is 4. The van der Waals surface area contributed by atoms with Crippen LogP contribution in [0.1, 0.15) is 51.4 Å². The van der Waals surface area contributed by atoms with Crippen molar-refractivity contribution in [3.05, 3.63) is 23.3 Å². The van der Waals surface area contributed by atoms with Crippen LogP contribution in [-0.2, 0) is 4.79 Å². The number of hydrogen-bond acceptors (Lipinski definition) is 2. The van der Waals surface area contributed by atoms with Gasteiger partial charge >= 0.3 is 0 Å². The number of aliphatic hydroxyl groups excluding tert-OH is 1. The van der Waals surface area contributed by atoms with Gasteiger partial charge in [0.25, 0.3) is 0 Å². The van der Waals surface area contributed by atoms with Crippen LogP contribution in [0.5, 0.6) is 0 Å². The third-order valence-corrected chi connectivity index (χ3v) is 6.60. The fourth-order valence-corrected chi connectivity index (χ4v) is 5.56. The Morgan fingerprint density at radius 1 is 1.15 bits per heavy atom. The normalized spacial score (nSPS) is 43.2. The van der Waals surface area contributed by atoms with E-state index < -0.39 is 5.41 Å². The van der Waals surface area contributed by atoms with E-state index in [4.69, 9.17) is 0 Å². The first-order valence-electron chi connectivity index (χ1n) is 8.33. The molecule has 1 unspecified atom stereocenters. The van der Waals surface area contributed by atoms with E-state index in [2.05, 4.69) is 0 Å². The lowest BCUT2D eigenvalue weighted by atomic mass is 9.56. The maximum atomic E-state index is 12.2. The van der Waals surface area contributed by atoms with Crippen molar-refractivity contribution in [2.24, 2.45) is 23.2 Å². The Morgan fingerprint density at radius 2 is 2.00 bits per heavy atom. The van der Waals surface area contributed by atoms with Crippen molar-refractivity contribution in [2.45, 2.75) is 51.4 Å². The Labute approximate surface area is 120 Å². The van der Waals surface area contributed by atoms with Gasteiger partial charge in [0, 0.05) is 0 Å². The summed E-state index contributed by atoms with van der Waals surface area (Å²) in [4.78, 5) is 12.2. The van der Waals surface area contributed by atoms with Gasteiger partial charge < -0.3 is 5.11 Å². The summed E-state index contributed by atoms with van der Waals surface area (Å²) in [5.74, 6) is 2.65. The lowest BCUT2D eigenvalue weighted by Gasteiger charge is -2.48. The average Bonchev–Trinajstić information content (AvgIpc) is 2.85. The van der Waals surface area contributed by atoms with Gasteiger partial charge in [0.15, 0.2) is 5.78 Å². The van der Waals surface area contributed by atoms with Gasteiger partial charge in [0.1, 0.15) is 0 Å². The van der Waals surface area contributed by atoms with Crippen LogP contribution in [0.15, 0.2) is 23.3 Å². The minimum absolute atomic E-state index is 0.00151. The van der Waals surface area contributed by atoms with E-state index in [1.165, 1.54) is 49.7 Å². The predicted octanol–water partition coefficient (Wildman–Crippen LogP) is 3.41. The third kappa shape index (κ3) is 1.57. The van der Waals surface area contributed by atoms with Crippen LogP contribution >= 0.6 is 0 Å². The van der Waals surface area contributed by atoms with E-state index in [1.807, 2.05) is 6.08 Å². The molecule has 0 aliphatic heterocycles. The van der Waals surface area contributed by atoms with Crippen LogP contribution in [0.3, 0.4) is 0 Å². The first-order chi connectivity index (χ1) is 9.76. The zero-order chi connectivity index (χ0) is 13.7. The molecule has 108 valence electrons. The first kappa shape index (κ1) is 12.8. The summed E-state index contributed by atoms with van der Waals surface area (Å²) in [5, 5.41) is 9.85. The molecule has 1 N–H and O–H groups in total. The summed E-state index contributed by atoms with van der Waals surface area (Å²) in [7, 11) is 0. The molecule has 2 saturated carbocycles. The number of rotatable bonds is 1. The second-order valence-electron chi connectivity index (χ2n) is 7.27. The minimum Gasteiger partial charge on any atom is -0.395 e. The number of hydrogen-bond donors (Lipinski definition) is 1. The average molecular weight is 272 g/mol. The zero-order valence-electron chi connectivity index (χ0n) is 12.1. The maximum Gasteiger partial charge on any atom is 0.168 e. The lowest BCUT2D eigenvalue weighted by molar-refractivity contribution is -0.124. The molecule has 0 saturated heterocycles. The molecule has 0 heterocycles. The van der Waals surface area contributed by atoms with Gasteiger partial charge in [-0.1, -0.05) is 30.9 Å². The molecule has 0 radical (unpaired) electrons. The van der Waals surface area contributed by atoms with Gasteiger partial charge in [-0.2, -0.15) is 0 Å². The highest BCUT2D eigenvalue weighted by atomic mass is 16.3. The van der Waals surface area contributed by atoms with Crippen molar-refractivity contribution in [1.82, 2.24) is 0 Å². The summed E-state index contributed by atoms with van der Waals surface area (Å²) >= 11 is 0. The third-order valence-electron chi connectivity index (χ3n) is 6.60. The molecular formula is C18H24O2. The molecular weight excluding hydrogens is 248 g/mol. The van der Waals surface area contributed by atoms with E-state index in [0.717, 1.165) is 24.7 Å². The molecule has 2 heteroatoms. The summed E-state index contributed by atoms with van der Waals surface area (Å²) in [5.41, 5.74) is 2.20. The number of allylic oxidation sites excluding steroid dienone is 3. The zero-order valence-corrected chi connectivity index (χ0v) is 12.1. The van der Waals surface area contributed by atoms with Gasteiger partial charge in [-0.15, -0.1) is 0 Å². The Bertz CT molecular complexity index is 502. The molecule has 4 aliphatic rings. The molecule has 0 amide bonds. The fourth-order valence-electron chi connectivity index (χ4n) is 5.56. The van der Waals surface area contributed by atoms with E-state index >= 15 is 0 Å². The quantitative estimate of drug-likeness (QED) is 0.794. The topological polar surface area (TPSA) is 37.3 Å². The second kappa shape index (κ2) is 4.56. The number of carbonyl (C=O) groups is 1. The largest absolute Gasteiger partial charge is 0.395 e. The van der Waals surface area contributed by atoms with E-state index in [1.54, 1.807) is 6.08 Å². The van der Waals surface area contributed by atoms with Crippen LogP contribution in [-0.4, -0.2) is 17.5 Å². The molecule has 0 spiro atoms. The smallest absolute Gasteiger partial charge is 0.168 e. The Kier molecular flexibility index (Phi) is 2.92. The van der Waals surface area contributed by atoms with Crippen molar-refractivity contribution in [1.29, 1.82) is 0 Å². The molecule has 0 bridgehead atoms. The SMILES string of the molecule is O=C1C=CC2=C3CCC4CCCC[C@@H]4[C@H]3CC[C@]12CO. The van der Waals surface area contributed by atoms with E-state index in [-0.39, 0.29) is 12.4 Å². The summed E-state index contributed by atoms with van der Waals surface area (Å²) in [6.45, 7) is -0.00151. The Morgan fingerprint density at radius 3 is 2.85 bits per heavy atom. The lowest BCUT2D eigenvalue weighted by Crippen LogP contribution is -2.42. The Balaban J connectivity index is 1.75. The molecule has 4 aliphatic carbocycles. The highest BCUT2D eigenvalue weighted by Crippen LogP contribution is 2.56. The van der Waals surface area contributed by atoms with Crippen molar-refractivity contribution in [2.75, 3.05) is 6.61 Å². The molecule has 0 aromatic heterocycles. The molecule has 4 rings (SSSR count). The summed E-state index contributed by atoms with van der Waals surface area (Å²) in [6, 6.07) is 0. The van der Waals surface area contributed by atoms with E-state index in [0.29, 0.717) is 5.92 Å². The van der Waals surface area contributed by atoms with Crippen LogP contribution < -0.4 is 0 Å². The van der Waals surface area contributed by atoms with Gasteiger partial charge in [0.2, 0.25) is 0 Å². The standard InChI is InChI=1S/C18H24O2/c19-11-18-10-9-14-13-4-2-1-3-12(13)5-6-15(14)16(18)7-8-17(18)20/h7-8,12-14,19H,1-6,9-11H2/t12?,13-,14+,18+/m0/s1. The van der Waals surface area contributed by atoms with Gasteiger partial charge in [0.05, 0.1) is 12.0 Å². The van der Waals surface area contributed by atoms with Crippen LogP contribution in [0, 0.1) is 23.2 Å². The monoisotopic (exact) mass is 272 g/mol. The molecule has 0 aromatic carbocycles. The number of aliphatic hydroxyl groups is 1. The summed E-state index contributed by atoms with van der Waals surface area (Å²) < 4.78 is 0. The minimum atomic E-state index is -0.548. The van der Waals surface area contributed by atoms with Crippen molar-refractivity contribution in [3.63, 3.8) is 0 Å². The molecule has 0 aromatic rings. The van der Waals surface area contributed by atoms with Crippen LogP contribution in [0.4, 0.5) is 0 Å². The highest BCUT2D eigenvalue weighted by Gasteiger charge is 2.50. The number of ketones is 1. The molecule has 2 fully saturated rings. The highest BCUT2D eigenvalue weighted by molar-refractivity contribution is 6.02. The molecule has 2 nitrogen and oxygen atoms in total. The molecule has 20 heavy (non-hydrogen) atoms. The summed E-state index contributed by atoms with van der Waals surface area (Å²) in [6.07, 6.45) is 13.8. The van der Waals surface area contributed by atoms with Gasteiger partial charge in [-0.05, 0) is 61.5 Å². The predicted molar refractivity (Wildman–Crippen MR) is 78.1 cm³/mol. The van der Waals surface area contributed by atoms with Crippen molar-refractivity contribution in [3.8, 4) is 0 Å². The van der Waals surface area contributed by atoms with Crippen LogP contribution in [0.25, 0.3) is 0 Å². The van der Waals surface area contributed by atoms with Crippen LogP contribution in [0.2, 0.25) is 0 Å². The van der Waals surface area contributed by atoms with Gasteiger partial charge in [-0.3, -0.25) is 4.79 Å². The van der Waals surface area contributed by atoms with Gasteiger partial charge in [-0.25, -0.2) is 0 Å².